The first-order chi connectivity index (χ1) is 9.78. The lowest BCUT2D eigenvalue weighted by atomic mass is 10.1. The molecule has 4 heteroatoms. The molecular weight excluding hydrogens is 253 g/mol. The fraction of sp³-hybridized carbons (Fsp3) is 0.250. The van der Waals surface area contributed by atoms with Crippen molar-refractivity contribution in [1.29, 1.82) is 0 Å². The van der Waals surface area contributed by atoms with E-state index in [1.165, 1.54) is 12.1 Å². The minimum atomic E-state index is -0.234. The highest BCUT2D eigenvalue weighted by atomic mass is 19.1. The van der Waals surface area contributed by atoms with Gasteiger partial charge in [0.05, 0.1) is 11.7 Å². The Hall–Kier alpha value is -2.23. The lowest BCUT2D eigenvalue weighted by molar-refractivity contribution is 0.588. The van der Waals surface area contributed by atoms with Crippen molar-refractivity contribution in [3.63, 3.8) is 0 Å². The Balaban J connectivity index is 2.04. The zero-order valence-corrected chi connectivity index (χ0v) is 11.4. The van der Waals surface area contributed by atoms with Crippen molar-refractivity contribution in [1.82, 2.24) is 14.8 Å². The van der Waals surface area contributed by atoms with Crippen molar-refractivity contribution in [2.45, 2.75) is 26.3 Å². The highest BCUT2D eigenvalue weighted by molar-refractivity contribution is 5.80. The lowest BCUT2D eigenvalue weighted by Gasteiger charge is -2.05. The Labute approximate surface area is 117 Å². The van der Waals surface area contributed by atoms with E-state index in [2.05, 4.69) is 17.0 Å². The van der Waals surface area contributed by atoms with Crippen molar-refractivity contribution in [2.24, 2.45) is 0 Å². The summed E-state index contributed by atoms with van der Waals surface area (Å²) in [6.07, 6.45) is 5.75. The third kappa shape index (κ3) is 2.41. The van der Waals surface area contributed by atoms with Gasteiger partial charge in [0.2, 0.25) is 0 Å². The molecule has 0 saturated carbocycles. The highest BCUT2D eigenvalue weighted by Crippen LogP contribution is 2.23. The number of fused-ring (bicyclic) bond motifs is 1. The minimum absolute atomic E-state index is 0.234. The summed E-state index contributed by atoms with van der Waals surface area (Å²) in [5, 5.41) is 4.37. The number of aryl methyl sites for hydroxylation is 1. The van der Waals surface area contributed by atoms with Crippen molar-refractivity contribution < 1.29 is 4.39 Å². The summed E-state index contributed by atoms with van der Waals surface area (Å²) in [5.41, 5.74) is 3.62. The van der Waals surface area contributed by atoms with Crippen LogP contribution in [-0.2, 0) is 6.54 Å². The third-order valence-electron chi connectivity index (χ3n) is 3.38. The zero-order chi connectivity index (χ0) is 13.9. The topological polar surface area (TPSA) is 30.7 Å². The van der Waals surface area contributed by atoms with E-state index in [-0.39, 0.29) is 5.82 Å². The molecule has 0 fully saturated rings. The molecule has 0 aliphatic heterocycles. The van der Waals surface area contributed by atoms with E-state index in [1.807, 2.05) is 16.8 Å². The number of hydrogen-bond donors (Lipinski definition) is 0. The van der Waals surface area contributed by atoms with E-state index in [1.54, 1.807) is 18.5 Å². The van der Waals surface area contributed by atoms with Gasteiger partial charge in [0.1, 0.15) is 11.3 Å². The number of aromatic nitrogens is 3. The normalized spacial score (nSPS) is 11.1. The van der Waals surface area contributed by atoms with Gasteiger partial charge in [-0.05, 0) is 30.2 Å². The molecule has 2 heterocycles. The summed E-state index contributed by atoms with van der Waals surface area (Å²) in [6, 6.07) is 8.60. The summed E-state index contributed by atoms with van der Waals surface area (Å²) in [6.45, 7) is 3.04. The number of pyridine rings is 1. The van der Waals surface area contributed by atoms with Gasteiger partial charge in [0, 0.05) is 18.3 Å². The van der Waals surface area contributed by atoms with Crippen LogP contribution in [-0.4, -0.2) is 14.8 Å². The summed E-state index contributed by atoms with van der Waals surface area (Å²) in [7, 11) is 0. The van der Waals surface area contributed by atoms with Crippen molar-refractivity contribution in [2.75, 3.05) is 0 Å². The van der Waals surface area contributed by atoms with Gasteiger partial charge in [0.25, 0.3) is 0 Å². The third-order valence-corrected chi connectivity index (χ3v) is 3.38. The van der Waals surface area contributed by atoms with E-state index in [0.29, 0.717) is 0 Å². The van der Waals surface area contributed by atoms with Crippen LogP contribution in [0.3, 0.4) is 0 Å². The molecule has 0 bridgehead atoms. The van der Waals surface area contributed by atoms with E-state index < -0.39 is 0 Å². The molecule has 0 saturated heterocycles. The average Bonchev–Trinajstić information content (AvgIpc) is 2.87. The van der Waals surface area contributed by atoms with Crippen LogP contribution in [0.5, 0.6) is 0 Å². The van der Waals surface area contributed by atoms with Crippen LogP contribution in [0.15, 0.2) is 42.7 Å². The van der Waals surface area contributed by atoms with Gasteiger partial charge in [-0.1, -0.05) is 25.5 Å². The van der Waals surface area contributed by atoms with Gasteiger partial charge in [-0.15, -0.1) is 0 Å². The van der Waals surface area contributed by atoms with Crippen molar-refractivity contribution in [3.8, 4) is 11.1 Å². The van der Waals surface area contributed by atoms with Crippen LogP contribution < -0.4 is 0 Å². The number of halogens is 1. The maximum absolute atomic E-state index is 13.3. The van der Waals surface area contributed by atoms with Crippen LogP contribution in [0, 0.1) is 5.82 Å². The quantitative estimate of drug-likeness (QED) is 0.715. The van der Waals surface area contributed by atoms with Gasteiger partial charge in [-0.25, -0.2) is 4.39 Å². The van der Waals surface area contributed by atoms with Crippen LogP contribution in [0.25, 0.3) is 22.2 Å². The Morgan fingerprint density at radius 3 is 2.85 bits per heavy atom. The van der Waals surface area contributed by atoms with Crippen molar-refractivity contribution in [3.05, 3.63) is 48.5 Å². The molecule has 0 spiro atoms. The molecule has 3 aromatic rings. The molecular formula is C16H16FN3. The first-order valence-corrected chi connectivity index (χ1v) is 6.85. The maximum atomic E-state index is 13.3. The SMILES string of the molecule is CCCCn1ncc2ncc(-c3cccc(F)c3)cc21. The first kappa shape index (κ1) is 12.8. The molecule has 20 heavy (non-hydrogen) atoms. The second kappa shape index (κ2) is 5.41. The number of unbranched alkanes of at least 4 members (excludes halogenated alkanes) is 1. The van der Waals surface area contributed by atoms with E-state index >= 15 is 0 Å². The van der Waals surface area contributed by atoms with Crippen molar-refractivity contribution >= 4 is 11.0 Å². The number of benzene rings is 1. The molecule has 2 aromatic heterocycles. The Bertz CT molecular complexity index is 733. The first-order valence-electron chi connectivity index (χ1n) is 6.85. The lowest BCUT2D eigenvalue weighted by Crippen LogP contribution is -1.99. The fourth-order valence-corrected chi connectivity index (χ4v) is 2.27. The number of rotatable bonds is 4. The molecule has 3 rings (SSSR count). The second-order valence-electron chi connectivity index (χ2n) is 4.86. The molecule has 0 radical (unpaired) electrons. The summed E-state index contributed by atoms with van der Waals surface area (Å²) < 4.78 is 15.3. The van der Waals surface area contributed by atoms with Gasteiger partial charge in [-0.2, -0.15) is 5.10 Å². The molecule has 0 N–H and O–H groups in total. The summed E-state index contributed by atoms with van der Waals surface area (Å²) in [5.74, 6) is -0.234. The molecule has 3 nitrogen and oxygen atoms in total. The zero-order valence-electron chi connectivity index (χ0n) is 11.4. The molecule has 0 amide bonds. The molecule has 0 unspecified atom stereocenters. The number of hydrogen-bond acceptors (Lipinski definition) is 2. The monoisotopic (exact) mass is 269 g/mol. The van der Waals surface area contributed by atoms with E-state index in [0.717, 1.165) is 41.5 Å². The summed E-state index contributed by atoms with van der Waals surface area (Å²) >= 11 is 0. The molecule has 0 atom stereocenters. The predicted octanol–water partition coefficient (Wildman–Crippen LogP) is 4.04. The Morgan fingerprint density at radius 2 is 2.05 bits per heavy atom. The highest BCUT2D eigenvalue weighted by Gasteiger charge is 2.06. The maximum Gasteiger partial charge on any atom is 0.123 e. The Morgan fingerprint density at radius 1 is 1.15 bits per heavy atom. The van der Waals surface area contributed by atoms with Gasteiger partial charge < -0.3 is 0 Å². The largest absolute Gasteiger partial charge is 0.263 e. The second-order valence-corrected chi connectivity index (χ2v) is 4.86. The van der Waals surface area contributed by atoms with E-state index in [4.69, 9.17) is 0 Å². The average molecular weight is 269 g/mol. The van der Waals surface area contributed by atoms with Crippen LogP contribution in [0.1, 0.15) is 19.8 Å². The summed E-state index contributed by atoms with van der Waals surface area (Å²) in [4.78, 5) is 4.41. The van der Waals surface area contributed by atoms with Crippen LogP contribution in [0.4, 0.5) is 4.39 Å². The van der Waals surface area contributed by atoms with Crippen LogP contribution >= 0.6 is 0 Å². The Kier molecular flexibility index (Phi) is 3.46. The molecule has 1 aromatic carbocycles. The van der Waals surface area contributed by atoms with E-state index in [9.17, 15) is 4.39 Å². The van der Waals surface area contributed by atoms with Gasteiger partial charge in [-0.3, -0.25) is 9.67 Å². The smallest absolute Gasteiger partial charge is 0.123 e. The minimum Gasteiger partial charge on any atom is -0.263 e. The van der Waals surface area contributed by atoms with Crippen LogP contribution in [0.2, 0.25) is 0 Å². The molecule has 102 valence electrons. The molecule has 0 aliphatic carbocycles. The fourth-order valence-electron chi connectivity index (χ4n) is 2.27. The predicted molar refractivity (Wildman–Crippen MR) is 77.8 cm³/mol. The molecule has 0 aliphatic rings. The van der Waals surface area contributed by atoms with Gasteiger partial charge in [0.15, 0.2) is 0 Å². The number of nitrogens with zero attached hydrogens (tertiary/aromatic N) is 3. The standard InChI is InChI=1S/C16H16FN3/c1-2-3-7-20-16-9-13(10-18-15(16)11-19-20)12-5-4-6-14(17)8-12/h4-6,8-11H,2-3,7H2,1H3. The van der Waals surface area contributed by atoms with Gasteiger partial charge >= 0.3 is 0 Å².